The van der Waals surface area contributed by atoms with Crippen molar-refractivity contribution in [3.63, 3.8) is 0 Å². The Morgan fingerprint density at radius 2 is 2.36 bits per heavy atom. The molecule has 2 aromatic rings. The number of nitrogens with zero attached hydrogens (tertiary/aromatic N) is 3. The molecule has 0 aliphatic heterocycles. The summed E-state index contributed by atoms with van der Waals surface area (Å²) in [5, 5.41) is 8.85. The summed E-state index contributed by atoms with van der Waals surface area (Å²) >= 11 is 3.39. The number of fused-ring (bicyclic) bond motifs is 1. The molecule has 5 heteroatoms. The summed E-state index contributed by atoms with van der Waals surface area (Å²) in [6.45, 7) is 0.311. The van der Waals surface area contributed by atoms with Gasteiger partial charge >= 0.3 is 0 Å². The molecular weight excluding hydrogens is 244 g/mol. The van der Waals surface area contributed by atoms with Crippen LogP contribution < -0.4 is 5.73 Å². The Labute approximate surface area is 89.1 Å². The number of pyridine rings is 1. The van der Waals surface area contributed by atoms with Crippen LogP contribution in [-0.2, 0) is 6.54 Å². The minimum absolute atomic E-state index is 0.311. The van der Waals surface area contributed by atoms with Gasteiger partial charge in [0, 0.05) is 0 Å². The summed E-state index contributed by atoms with van der Waals surface area (Å²) in [7, 11) is 0. The lowest BCUT2D eigenvalue weighted by Gasteiger charge is -2.00. The molecule has 0 unspecified atom stereocenters. The molecule has 0 amide bonds. The van der Waals surface area contributed by atoms with Gasteiger partial charge < -0.3 is 5.73 Å². The van der Waals surface area contributed by atoms with Gasteiger partial charge in [-0.2, -0.15) is 5.26 Å². The maximum Gasteiger partial charge on any atom is 0.166 e. The Morgan fingerprint density at radius 1 is 1.57 bits per heavy atom. The molecule has 2 rings (SSSR count). The average molecular weight is 251 g/mol. The van der Waals surface area contributed by atoms with Gasteiger partial charge in [0.25, 0.3) is 0 Å². The maximum atomic E-state index is 8.85. The van der Waals surface area contributed by atoms with Crippen LogP contribution in [0.5, 0.6) is 0 Å². The van der Waals surface area contributed by atoms with E-state index in [1.807, 2.05) is 28.7 Å². The van der Waals surface area contributed by atoms with Gasteiger partial charge in [-0.15, -0.1) is 0 Å². The average Bonchev–Trinajstić information content (AvgIpc) is 2.57. The highest BCUT2D eigenvalue weighted by molar-refractivity contribution is 9.10. The zero-order valence-electron chi connectivity index (χ0n) is 7.24. The Morgan fingerprint density at radius 3 is 3.00 bits per heavy atom. The summed E-state index contributed by atoms with van der Waals surface area (Å²) in [5.41, 5.74) is 6.73. The van der Waals surface area contributed by atoms with Crippen molar-refractivity contribution in [3.8, 4) is 6.07 Å². The van der Waals surface area contributed by atoms with Crippen LogP contribution in [0.2, 0.25) is 0 Å². The van der Waals surface area contributed by atoms with Gasteiger partial charge in [-0.3, -0.25) is 4.40 Å². The lowest BCUT2D eigenvalue weighted by molar-refractivity contribution is 0.891. The van der Waals surface area contributed by atoms with Crippen molar-refractivity contribution in [2.75, 3.05) is 0 Å². The fourth-order valence-corrected chi connectivity index (χ4v) is 1.93. The van der Waals surface area contributed by atoms with Crippen LogP contribution in [0.4, 0.5) is 0 Å². The van der Waals surface area contributed by atoms with Gasteiger partial charge in [0.2, 0.25) is 0 Å². The first-order valence-electron chi connectivity index (χ1n) is 4.04. The van der Waals surface area contributed by atoms with Crippen molar-refractivity contribution in [1.82, 2.24) is 9.38 Å². The van der Waals surface area contributed by atoms with E-state index in [1.54, 1.807) is 0 Å². The third-order valence-corrected chi connectivity index (χ3v) is 2.59. The molecule has 0 saturated heterocycles. The van der Waals surface area contributed by atoms with Crippen LogP contribution in [-0.4, -0.2) is 9.38 Å². The summed E-state index contributed by atoms with van der Waals surface area (Å²) in [6.07, 6.45) is 0. The number of imidazole rings is 1. The van der Waals surface area contributed by atoms with Gasteiger partial charge in [0.1, 0.15) is 11.9 Å². The van der Waals surface area contributed by atoms with Crippen molar-refractivity contribution >= 4 is 21.4 Å². The Balaban J connectivity index is 2.91. The number of aromatic nitrogens is 2. The van der Waals surface area contributed by atoms with E-state index in [-0.39, 0.29) is 0 Å². The second kappa shape index (κ2) is 3.40. The molecule has 0 fully saturated rings. The van der Waals surface area contributed by atoms with E-state index in [9.17, 15) is 0 Å². The van der Waals surface area contributed by atoms with Gasteiger partial charge in [-0.25, -0.2) is 4.98 Å². The van der Waals surface area contributed by atoms with Gasteiger partial charge in [0.15, 0.2) is 5.69 Å². The van der Waals surface area contributed by atoms with E-state index in [1.165, 1.54) is 0 Å². The predicted octanol–water partition coefficient (Wildman–Crippen LogP) is 1.43. The molecule has 2 heterocycles. The Hall–Kier alpha value is -1.38. The highest BCUT2D eigenvalue weighted by atomic mass is 79.9. The van der Waals surface area contributed by atoms with Crippen LogP contribution in [0, 0.1) is 11.3 Å². The molecule has 0 aliphatic carbocycles. The molecule has 14 heavy (non-hydrogen) atoms. The molecule has 0 spiro atoms. The van der Waals surface area contributed by atoms with Gasteiger partial charge in [-0.1, -0.05) is 6.07 Å². The molecular formula is C9H7BrN4. The molecule has 0 radical (unpaired) electrons. The van der Waals surface area contributed by atoms with Gasteiger partial charge in [-0.05, 0) is 28.1 Å². The maximum absolute atomic E-state index is 8.85. The van der Waals surface area contributed by atoms with Crippen molar-refractivity contribution in [1.29, 1.82) is 5.26 Å². The molecule has 4 nitrogen and oxygen atoms in total. The first-order chi connectivity index (χ1) is 6.77. The number of halogens is 1. The van der Waals surface area contributed by atoms with Crippen LogP contribution in [0.15, 0.2) is 22.8 Å². The summed E-state index contributed by atoms with van der Waals surface area (Å²) in [5.74, 6) is 0.684. The first-order valence-corrected chi connectivity index (χ1v) is 4.83. The first kappa shape index (κ1) is 9.19. The summed E-state index contributed by atoms with van der Waals surface area (Å²) in [4.78, 5) is 4.13. The fraction of sp³-hybridized carbons (Fsp3) is 0.111. The lowest BCUT2D eigenvalue weighted by atomic mass is 10.3. The Kier molecular flexibility index (Phi) is 2.23. The molecule has 2 aromatic heterocycles. The van der Waals surface area contributed by atoms with E-state index >= 15 is 0 Å². The topological polar surface area (TPSA) is 67.1 Å². The SMILES string of the molecule is N#Cc1nc(CN)n2c(Br)cccc12. The molecule has 0 atom stereocenters. The normalized spacial score (nSPS) is 10.4. The second-order valence-electron chi connectivity index (χ2n) is 2.76. The zero-order valence-corrected chi connectivity index (χ0v) is 8.82. The van der Waals surface area contributed by atoms with E-state index in [2.05, 4.69) is 20.9 Å². The molecule has 0 aliphatic rings. The van der Waals surface area contributed by atoms with Crippen molar-refractivity contribution in [2.24, 2.45) is 5.73 Å². The zero-order chi connectivity index (χ0) is 10.1. The molecule has 70 valence electrons. The molecule has 0 saturated carbocycles. The smallest absolute Gasteiger partial charge is 0.166 e. The van der Waals surface area contributed by atoms with E-state index in [4.69, 9.17) is 11.0 Å². The van der Waals surface area contributed by atoms with Gasteiger partial charge in [0.05, 0.1) is 16.7 Å². The monoisotopic (exact) mass is 250 g/mol. The lowest BCUT2D eigenvalue weighted by Crippen LogP contribution is -2.03. The molecule has 0 aromatic carbocycles. The number of hydrogen-bond acceptors (Lipinski definition) is 3. The summed E-state index contributed by atoms with van der Waals surface area (Å²) in [6, 6.07) is 7.63. The number of nitriles is 1. The van der Waals surface area contributed by atoms with Crippen LogP contribution >= 0.6 is 15.9 Å². The third-order valence-electron chi connectivity index (χ3n) is 1.97. The highest BCUT2D eigenvalue weighted by Gasteiger charge is 2.10. The van der Waals surface area contributed by atoms with E-state index in [0.717, 1.165) is 10.1 Å². The fourth-order valence-electron chi connectivity index (χ4n) is 1.39. The van der Waals surface area contributed by atoms with E-state index < -0.39 is 0 Å². The molecule has 0 bridgehead atoms. The van der Waals surface area contributed by atoms with E-state index in [0.29, 0.717) is 18.1 Å². The van der Waals surface area contributed by atoms with Crippen LogP contribution in [0.3, 0.4) is 0 Å². The number of rotatable bonds is 1. The number of hydrogen-bond donors (Lipinski definition) is 1. The minimum atomic E-state index is 0.311. The van der Waals surface area contributed by atoms with Crippen molar-refractivity contribution in [3.05, 3.63) is 34.3 Å². The van der Waals surface area contributed by atoms with Crippen LogP contribution in [0.1, 0.15) is 11.5 Å². The predicted molar refractivity (Wildman–Crippen MR) is 55.5 cm³/mol. The quantitative estimate of drug-likeness (QED) is 0.779. The molecule has 2 N–H and O–H groups in total. The largest absolute Gasteiger partial charge is 0.324 e. The second-order valence-corrected chi connectivity index (χ2v) is 3.57. The van der Waals surface area contributed by atoms with Crippen molar-refractivity contribution in [2.45, 2.75) is 6.54 Å². The third kappa shape index (κ3) is 1.20. The minimum Gasteiger partial charge on any atom is -0.324 e. The Bertz CT molecular complexity index is 523. The van der Waals surface area contributed by atoms with Crippen molar-refractivity contribution < 1.29 is 0 Å². The van der Waals surface area contributed by atoms with Crippen LogP contribution in [0.25, 0.3) is 5.52 Å². The highest BCUT2D eigenvalue weighted by Crippen LogP contribution is 2.18. The number of nitrogens with two attached hydrogens (primary N) is 1. The summed E-state index contributed by atoms with van der Waals surface area (Å²) < 4.78 is 2.68. The standard InChI is InChI=1S/C9H7BrN4/c10-8-3-1-2-7-6(4-11)13-9(5-12)14(7)8/h1-3H,5,12H2.